The molecule has 2 aromatic carbocycles. The number of hydrogen-bond donors (Lipinski definition) is 2. The Morgan fingerprint density at radius 2 is 1.70 bits per heavy atom. The van der Waals surface area contributed by atoms with Crippen molar-refractivity contribution in [3.8, 4) is 0 Å². The maximum absolute atomic E-state index is 12.4. The Morgan fingerprint density at radius 3 is 2.26 bits per heavy atom. The smallest absolute Gasteiger partial charge is 0.375 e. The summed E-state index contributed by atoms with van der Waals surface area (Å²) < 4.78 is 37.3. The molecular formula is C15H11Cl2F3N2O. The molecule has 0 aliphatic carbocycles. The highest BCUT2D eigenvalue weighted by Gasteiger charge is 2.29. The molecule has 23 heavy (non-hydrogen) atoms. The standard InChI is InChI=1S/C15H11Cl2F3N2O/c16-10-3-6-13(12(17)7-10)21-8-14(23)22-11-4-1-9(2-5-11)15(18,19)20/h1-7,21H,8H2,(H,22,23). The lowest BCUT2D eigenvalue weighted by Gasteiger charge is -2.10. The number of benzene rings is 2. The van der Waals surface area contributed by atoms with E-state index in [2.05, 4.69) is 10.6 Å². The van der Waals surface area contributed by atoms with Crippen molar-refractivity contribution in [2.75, 3.05) is 17.2 Å². The van der Waals surface area contributed by atoms with E-state index in [1.807, 2.05) is 0 Å². The van der Waals surface area contributed by atoms with Crippen LogP contribution in [0, 0.1) is 0 Å². The molecule has 0 atom stereocenters. The van der Waals surface area contributed by atoms with Gasteiger partial charge in [-0.2, -0.15) is 13.2 Å². The second-order valence-electron chi connectivity index (χ2n) is 4.60. The van der Waals surface area contributed by atoms with Crippen LogP contribution in [0.25, 0.3) is 0 Å². The molecule has 0 unspecified atom stereocenters. The third-order valence-electron chi connectivity index (χ3n) is 2.87. The predicted molar refractivity (Wildman–Crippen MR) is 85.0 cm³/mol. The van der Waals surface area contributed by atoms with Crippen LogP contribution in [0.2, 0.25) is 10.0 Å². The number of anilines is 2. The fourth-order valence-corrected chi connectivity index (χ4v) is 2.23. The Labute approximate surface area is 140 Å². The molecule has 3 nitrogen and oxygen atoms in total. The van der Waals surface area contributed by atoms with Crippen LogP contribution in [0.3, 0.4) is 0 Å². The maximum atomic E-state index is 12.4. The first-order chi connectivity index (χ1) is 10.8. The van der Waals surface area contributed by atoms with Gasteiger partial charge in [-0.25, -0.2) is 0 Å². The van der Waals surface area contributed by atoms with Crippen LogP contribution in [0.15, 0.2) is 42.5 Å². The van der Waals surface area contributed by atoms with E-state index in [1.165, 1.54) is 18.2 Å². The molecule has 0 radical (unpaired) electrons. The van der Waals surface area contributed by atoms with Crippen molar-refractivity contribution in [2.45, 2.75) is 6.18 Å². The van der Waals surface area contributed by atoms with Crippen LogP contribution >= 0.6 is 23.2 Å². The van der Waals surface area contributed by atoms with Crippen LogP contribution in [0.4, 0.5) is 24.5 Å². The zero-order valence-electron chi connectivity index (χ0n) is 11.5. The molecule has 1 amide bonds. The van der Waals surface area contributed by atoms with E-state index in [0.717, 1.165) is 12.1 Å². The molecule has 0 aliphatic heterocycles. The molecule has 0 spiro atoms. The van der Waals surface area contributed by atoms with Crippen molar-refractivity contribution in [1.82, 2.24) is 0 Å². The molecule has 0 aromatic heterocycles. The molecule has 2 rings (SSSR count). The minimum absolute atomic E-state index is 0.0949. The topological polar surface area (TPSA) is 41.1 Å². The summed E-state index contributed by atoms with van der Waals surface area (Å²) in [6.45, 7) is -0.0949. The summed E-state index contributed by atoms with van der Waals surface area (Å²) in [5, 5.41) is 6.13. The van der Waals surface area contributed by atoms with Gasteiger partial charge < -0.3 is 10.6 Å². The Bertz CT molecular complexity index is 703. The van der Waals surface area contributed by atoms with Gasteiger partial charge in [-0.15, -0.1) is 0 Å². The zero-order valence-corrected chi connectivity index (χ0v) is 13.1. The van der Waals surface area contributed by atoms with Gasteiger partial charge >= 0.3 is 6.18 Å². The Hall–Kier alpha value is -1.92. The predicted octanol–water partition coefficient (Wildman–Crippen LogP) is 5.06. The van der Waals surface area contributed by atoms with E-state index in [9.17, 15) is 18.0 Å². The first kappa shape index (κ1) is 17.4. The van der Waals surface area contributed by atoms with Gasteiger partial charge in [0.2, 0.25) is 5.91 Å². The van der Waals surface area contributed by atoms with Gasteiger partial charge in [0.25, 0.3) is 0 Å². The minimum Gasteiger partial charge on any atom is -0.375 e. The van der Waals surface area contributed by atoms with Crippen LogP contribution in [-0.4, -0.2) is 12.5 Å². The Balaban J connectivity index is 1.92. The summed E-state index contributed by atoms with van der Waals surface area (Å²) in [5.41, 5.74) is 0.0206. The van der Waals surface area contributed by atoms with Crippen molar-refractivity contribution in [1.29, 1.82) is 0 Å². The van der Waals surface area contributed by atoms with Gasteiger partial charge in [0, 0.05) is 10.7 Å². The number of carbonyl (C=O) groups excluding carboxylic acids is 1. The number of halogens is 5. The quantitative estimate of drug-likeness (QED) is 0.797. The first-order valence-electron chi connectivity index (χ1n) is 6.42. The number of amides is 1. The fraction of sp³-hybridized carbons (Fsp3) is 0.133. The highest BCUT2D eigenvalue weighted by atomic mass is 35.5. The molecule has 0 saturated heterocycles. The third kappa shape index (κ3) is 5.04. The third-order valence-corrected chi connectivity index (χ3v) is 3.41. The second-order valence-corrected chi connectivity index (χ2v) is 5.44. The van der Waals surface area contributed by atoms with Crippen molar-refractivity contribution < 1.29 is 18.0 Å². The first-order valence-corrected chi connectivity index (χ1v) is 7.17. The van der Waals surface area contributed by atoms with E-state index < -0.39 is 17.6 Å². The normalized spacial score (nSPS) is 11.2. The Morgan fingerprint density at radius 1 is 1.04 bits per heavy atom. The van der Waals surface area contributed by atoms with Crippen LogP contribution in [-0.2, 0) is 11.0 Å². The van der Waals surface area contributed by atoms with Crippen molar-refractivity contribution in [2.24, 2.45) is 0 Å². The van der Waals surface area contributed by atoms with Gasteiger partial charge in [-0.3, -0.25) is 4.79 Å². The second kappa shape index (κ2) is 7.10. The molecule has 0 fully saturated rings. The zero-order chi connectivity index (χ0) is 17.0. The van der Waals surface area contributed by atoms with Gasteiger partial charge in [0.05, 0.1) is 22.8 Å². The molecule has 0 saturated carbocycles. The van der Waals surface area contributed by atoms with Crippen LogP contribution in [0.1, 0.15) is 5.56 Å². The van der Waals surface area contributed by atoms with Gasteiger partial charge in [0.1, 0.15) is 0 Å². The highest BCUT2D eigenvalue weighted by molar-refractivity contribution is 6.36. The maximum Gasteiger partial charge on any atom is 0.416 e. The number of alkyl halides is 3. The lowest BCUT2D eigenvalue weighted by molar-refractivity contribution is -0.137. The molecule has 2 N–H and O–H groups in total. The van der Waals surface area contributed by atoms with E-state index in [4.69, 9.17) is 23.2 Å². The molecule has 0 aliphatic rings. The molecule has 0 heterocycles. The molecule has 0 bridgehead atoms. The number of carbonyl (C=O) groups is 1. The van der Waals surface area contributed by atoms with Crippen LogP contribution < -0.4 is 10.6 Å². The molecule has 2 aromatic rings. The van der Waals surface area contributed by atoms with Crippen LogP contribution in [0.5, 0.6) is 0 Å². The lowest BCUT2D eigenvalue weighted by Crippen LogP contribution is -2.21. The van der Waals surface area contributed by atoms with E-state index >= 15 is 0 Å². The van der Waals surface area contributed by atoms with Crippen molar-refractivity contribution in [3.63, 3.8) is 0 Å². The van der Waals surface area contributed by atoms with E-state index in [0.29, 0.717) is 15.7 Å². The minimum atomic E-state index is -4.41. The molecule has 8 heteroatoms. The molecule has 122 valence electrons. The molecular weight excluding hydrogens is 352 g/mol. The average Bonchev–Trinajstić information content (AvgIpc) is 2.46. The summed E-state index contributed by atoms with van der Waals surface area (Å²) >= 11 is 11.7. The van der Waals surface area contributed by atoms with Crippen molar-refractivity contribution >= 4 is 40.5 Å². The summed E-state index contributed by atoms with van der Waals surface area (Å²) in [5.74, 6) is -0.421. The van der Waals surface area contributed by atoms with Gasteiger partial charge in [0.15, 0.2) is 0 Å². The monoisotopic (exact) mass is 362 g/mol. The van der Waals surface area contributed by atoms with E-state index in [1.54, 1.807) is 12.1 Å². The number of nitrogens with one attached hydrogen (secondary N) is 2. The summed E-state index contributed by atoms with van der Waals surface area (Å²) in [4.78, 5) is 11.8. The number of hydrogen-bond acceptors (Lipinski definition) is 2. The summed E-state index contributed by atoms with van der Waals surface area (Å²) in [6.07, 6.45) is -4.41. The fourth-order valence-electron chi connectivity index (χ4n) is 1.76. The van der Waals surface area contributed by atoms with E-state index in [-0.39, 0.29) is 12.2 Å². The average molecular weight is 363 g/mol. The summed E-state index contributed by atoms with van der Waals surface area (Å²) in [6, 6.07) is 8.95. The largest absolute Gasteiger partial charge is 0.416 e. The van der Waals surface area contributed by atoms with Gasteiger partial charge in [-0.1, -0.05) is 23.2 Å². The Kier molecular flexibility index (Phi) is 5.38. The number of rotatable bonds is 4. The highest BCUT2D eigenvalue weighted by Crippen LogP contribution is 2.30. The SMILES string of the molecule is O=C(CNc1ccc(Cl)cc1Cl)Nc1ccc(C(F)(F)F)cc1. The van der Waals surface area contributed by atoms with Gasteiger partial charge in [-0.05, 0) is 42.5 Å². The van der Waals surface area contributed by atoms with Crippen molar-refractivity contribution in [3.05, 3.63) is 58.1 Å². The lowest BCUT2D eigenvalue weighted by atomic mass is 10.2. The summed E-state index contributed by atoms with van der Waals surface area (Å²) in [7, 11) is 0.